The molecular weight excluding hydrogens is 320 g/mol. The third-order valence-corrected chi connectivity index (χ3v) is 3.51. The van der Waals surface area contributed by atoms with Crippen molar-refractivity contribution in [3.63, 3.8) is 0 Å². The lowest BCUT2D eigenvalue weighted by molar-refractivity contribution is -0.123. The molecule has 7 heteroatoms. The second-order valence-electron chi connectivity index (χ2n) is 5.39. The molecule has 7 nitrogen and oxygen atoms in total. The highest BCUT2D eigenvalue weighted by Crippen LogP contribution is 2.07. The number of carbonyl (C=O) groups is 3. The number of nitrogens with two attached hydrogens (primary N) is 1. The first-order chi connectivity index (χ1) is 12.1. The molecule has 0 aliphatic carbocycles. The highest BCUT2D eigenvalue weighted by Gasteiger charge is 2.22. The van der Waals surface area contributed by atoms with Crippen LogP contribution in [0.5, 0.6) is 0 Å². The van der Waals surface area contributed by atoms with Crippen molar-refractivity contribution in [3.8, 4) is 0 Å². The van der Waals surface area contributed by atoms with Crippen LogP contribution in [0, 0.1) is 0 Å². The van der Waals surface area contributed by atoms with Gasteiger partial charge < -0.3 is 11.1 Å². The number of benzene rings is 2. The van der Waals surface area contributed by atoms with Crippen molar-refractivity contribution in [2.45, 2.75) is 19.0 Å². The summed E-state index contributed by atoms with van der Waals surface area (Å²) in [6, 6.07) is 16.5. The minimum atomic E-state index is -0.885. The minimum Gasteiger partial charge on any atom is -0.350 e. The molecule has 0 aromatic heterocycles. The van der Waals surface area contributed by atoms with E-state index in [1.165, 1.54) is 0 Å². The first-order valence-electron chi connectivity index (χ1n) is 7.77. The van der Waals surface area contributed by atoms with Crippen LogP contribution in [-0.4, -0.2) is 23.8 Å². The number of hydrogen-bond acceptors (Lipinski definition) is 4. The lowest BCUT2D eigenvalue weighted by atomic mass is 10.0. The Kier molecular flexibility index (Phi) is 6.67. The fourth-order valence-corrected chi connectivity index (χ4v) is 2.23. The summed E-state index contributed by atoms with van der Waals surface area (Å²) in [5.41, 5.74) is 10.7. The van der Waals surface area contributed by atoms with Crippen LogP contribution in [0.1, 0.15) is 22.3 Å². The number of carbonyl (C=O) groups excluding carboxylic acids is 3. The van der Waals surface area contributed by atoms with E-state index < -0.39 is 18.0 Å². The highest BCUT2D eigenvalue weighted by atomic mass is 16.2. The zero-order valence-electron chi connectivity index (χ0n) is 13.6. The minimum absolute atomic E-state index is 0.0525. The van der Waals surface area contributed by atoms with Crippen molar-refractivity contribution in [2.75, 3.05) is 0 Å². The maximum atomic E-state index is 12.4. The number of nitrogens with one attached hydrogen (secondary N) is 3. The van der Waals surface area contributed by atoms with E-state index in [1.807, 2.05) is 41.8 Å². The fraction of sp³-hybridized carbons (Fsp3) is 0.167. The molecule has 2 aromatic rings. The van der Waals surface area contributed by atoms with E-state index >= 15 is 0 Å². The summed E-state index contributed by atoms with van der Waals surface area (Å²) in [5.74, 6) is -0.723. The Hall–Kier alpha value is -3.19. The number of Topliss-reactive ketones (excluding diaryl/α,β-unsaturated/α-hetero) is 1. The Morgan fingerprint density at radius 2 is 1.48 bits per heavy atom. The molecule has 2 aromatic carbocycles. The van der Waals surface area contributed by atoms with Gasteiger partial charge in [0.05, 0.1) is 6.04 Å². The lowest BCUT2D eigenvalue weighted by Gasteiger charge is -2.18. The molecule has 0 fully saturated rings. The zero-order valence-corrected chi connectivity index (χ0v) is 13.6. The van der Waals surface area contributed by atoms with Gasteiger partial charge in [-0.25, -0.2) is 10.2 Å². The molecule has 0 aliphatic heterocycles. The SMILES string of the molecule is NC(=O)NNC(=O)C(CC(=O)c1ccccc1)NCc1ccccc1. The van der Waals surface area contributed by atoms with E-state index in [0.717, 1.165) is 5.56 Å². The molecule has 3 amide bonds. The molecule has 0 saturated carbocycles. The van der Waals surface area contributed by atoms with Crippen molar-refractivity contribution < 1.29 is 14.4 Å². The summed E-state index contributed by atoms with van der Waals surface area (Å²) < 4.78 is 0. The smallest absolute Gasteiger partial charge is 0.330 e. The lowest BCUT2D eigenvalue weighted by Crippen LogP contribution is -2.52. The van der Waals surface area contributed by atoms with Gasteiger partial charge in [-0.2, -0.15) is 0 Å². The van der Waals surface area contributed by atoms with Gasteiger partial charge in [0, 0.05) is 18.5 Å². The number of ketones is 1. The molecule has 0 radical (unpaired) electrons. The molecule has 0 bridgehead atoms. The van der Waals surface area contributed by atoms with E-state index in [1.54, 1.807) is 24.3 Å². The third kappa shape index (κ3) is 6.08. The maximum absolute atomic E-state index is 12.4. The van der Waals surface area contributed by atoms with Gasteiger partial charge in [-0.15, -0.1) is 0 Å². The summed E-state index contributed by atoms with van der Waals surface area (Å²) in [5, 5.41) is 3.04. The van der Waals surface area contributed by atoms with Crippen molar-refractivity contribution in [2.24, 2.45) is 5.73 Å². The molecule has 0 heterocycles. The quantitative estimate of drug-likeness (QED) is 0.447. The maximum Gasteiger partial charge on any atom is 0.330 e. The van der Waals surface area contributed by atoms with E-state index in [4.69, 9.17) is 5.73 Å². The second kappa shape index (κ2) is 9.19. The first kappa shape index (κ1) is 18.2. The molecule has 130 valence electrons. The number of rotatable bonds is 7. The standard InChI is InChI=1S/C18H20N4O3/c19-18(25)22-21-17(24)15(20-12-13-7-3-1-4-8-13)11-16(23)14-9-5-2-6-10-14/h1-10,15,20H,11-12H2,(H,21,24)(H3,19,22,25). The topological polar surface area (TPSA) is 113 Å². The first-order valence-corrected chi connectivity index (χ1v) is 7.77. The predicted molar refractivity (Wildman–Crippen MR) is 93.3 cm³/mol. The Balaban J connectivity index is 2.03. The summed E-state index contributed by atoms with van der Waals surface area (Å²) >= 11 is 0. The average Bonchev–Trinajstić information content (AvgIpc) is 2.64. The van der Waals surface area contributed by atoms with Crippen molar-refractivity contribution in [1.29, 1.82) is 0 Å². The van der Waals surface area contributed by atoms with Gasteiger partial charge in [-0.1, -0.05) is 60.7 Å². The average molecular weight is 340 g/mol. The Morgan fingerprint density at radius 1 is 0.880 bits per heavy atom. The molecule has 0 aliphatic rings. The third-order valence-electron chi connectivity index (χ3n) is 3.51. The molecule has 0 spiro atoms. The number of urea groups is 1. The number of hydrazine groups is 1. The number of hydrogen-bond donors (Lipinski definition) is 4. The fourth-order valence-electron chi connectivity index (χ4n) is 2.23. The van der Waals surface area contributed by atoms with Crippen LogP contribution >= 0.6 is 0 Å². The van der Waals surface area contributed by atoms with E-state index in [-0.39, 0.29) is 12.2 Å². The highest BCUT2D eigenvalue weighted by molar-refractivity contribution is 5.99. The molecule has 0 saturated heterocycles. The summed E-state index contributed by atoms with van der Waals surface area (Å²) in [6.45, 7) is 0.400. The zero-order chi connectivity index (χ0) is 18.1. The number of amides is 3. The van der Waals surface area contributed by atoms with Gasteiger partial charge in [-0.05, 0) is 5.56 Å². The van der Waals surface area contributed by atoms with Crippen LogP contribution in [-0.2, 0) is 11.3 Å². The molecular formula is C18H20N4O3. The molecule has 1 unspecified atom stereocenters. The van der Waals surface area contributed by atoms with Crippen LogP contribution in [0.4, 0.5) is 4.79 Å². The molecule has 5 N–H and O–H groups in total. The Bertz CT molecular complexity index is 720. The van der Waals surface area contributed by atoms with Gasteiger partial charge >= 0.3 is 6.03 Å². The molecule has 1 atom stereocenters. The normalized spacial score (nSPS) is 11.4. The van der Waals surface area contributed by atoms with Crippen molar-refractivity contribution >= 4 is 17.7 Å². The van der Waals surface area contributed by atoms with Gasteiger partial charge in [0.15, 0.2) is 5.78 Å². The van der Waals surface area contributed by atoms with E-state index in [2.05, 4.69) is 10.7 Å². The Morgan fingerprint density at radius 3 is 2.08 bits per heavy atom. The predicted octanol–water partition coefficient (Wildman–Crippen LogP) is 1.12. The van der Waals surface area contributed by atoms with Crippen LogP contribution in [0.15, 0.2) is 60.7 Å². The van der Waals surface area contributed by atoms with Crippen LogP contribution in [0.25, 0.3) is 0 Å². The summed E-state index contributed by atoms with van der Waals surface area (Å²) in [4.78, 5) is 35.4. The van der Waals surface area contributed by atoms with Crippen molar-refractivity contribution in [3.05, 3.63) is 71.8 Å². The molecule has 25 heavy (non-hydrogen) atoms. The van der Waals surface area contributed by atoms with Gasteiger partial charge in [-0.3, -0.25) is 15.0 Å². The van der Waals surface area contributed by atoms with Gasteiger partial charge in [0.2, 0.25) is 0 Å². The number of primary amides is 1. The largest absolute Gasteiger partial charge is 0.350 e. The summed E-state index contributed by atoms with van der Waals surface area (Å²) in [7, 11) is 0. The van der Waals surface area contributed by atoms with Gasteiger partial charge in [0.25, 0.3) is 5.91 Å². The van der Waals surface area contributed by atoms with Crippen LogP contribution in [0.2, 0.25) is 0 Å². The monoisotopic (exact) mass is 340 g/mol. The van der Waals surface area contributed by atoms with Crippen LogP contribution < -0.4 is 21.9 Å². The Labute approximate surface area is 145 Å². The molecule has 2 rings (SSSR count). The van der Waals surface area contributed by atoms with E-state index in [0.29, 0.717) is 12.1 Å². The van der Waals surface area contributed by atoms with E-state index in [9.17, 15) is 14.4 Å². The van der Waals surface area contributed by atoms with Crippen molar-refractivity contribution in [1.82, 2.24) is 16.2 Å². The van der Waals surface area contributed by atoms with Crippen LogP contribution in [0.3, 0.4) is 0 Å². The van der Waals surface area contributed by atoms with Gasteiger partial charge in [0.1, 0.15) is 0 Å². The second-order valence-corrected chi connectivity index (χ2v) is 5.39. The summed E-state index contributed by atoms with van der Waals surface area (Å²) in [6.07, 6.45) is -0.0525.